The van der Waals surface area contributed by atoms with E-state index in [1.807, 2.05) is 25.1 Å². The van der Waals surface area contributed by atoms with Crippen molar-refractivity contribution in [3.63, 3.8) is 0 Å². The predicted octanol–water partition coefficient (Wildman–Crippen LogP) is 3.80. The first kappa shape index (κ1) is 17.5. The number of hydrogen-bond donors (Lipinski definition) is 0. The van der Waals surface area contributed by atoms with E-state index in [2.05, 4.69) is 10.1 Å². The van der Waals surface area contributed by atoms with Crippen molar-refractivity contribution in [3.8, 4) is 0 Å². The number of aromatic nitrogens is 1. The van der Waals surface area contributed by atoms with E-state index >= 15 is 0 Å². The molecule has 0 radical (unpaired) electrons. The number of anilines is 1. The maximum Gasteiger partial charge on any atom is 0.350 e. The van der Waals surface area contributed by atoms with E-state index in [1.54, 1.807) is 32.1 Å². The number of thiophene rings is 1. The van der Waals surface area contributed by atoms with Gasteiger partial charge in [0.15, 0.2) is 0 Å². The van der Waals surface area contributed by atoms with Crippen LogP contribution < -0.4 is 5.01 Å². The number of rotatable bonds is 4. The van der Waals surface area contributed by atoms with Crippen molar-refractivity contribution in [2.75, 3.05) is 11.6 Å². The first-order chi connectivity index (χ1) is 11.9. The molecule has 1 aliphatic rings. The number of amides is 1. The summed E-state index contributed by atoms with van der Waals surface area (Å²) in [6, 6.07) is 3.99. The molecule has 0 bridgehead atoms. The van der Waals surface area contributed by atoms with Crippen LogP contribution >= 0.6 is 22.7 Å². The predicted molar refractivity (Wildman–Crippen MR) is 100 cm³/mol. The van der Waals surface area contributed by atoms with Crippen LogP contribution in [-0.4, -0.2) is 29.2 Å². The summed E-state index contributed by atoms with van der Waals surface area (Å²) in [5.74, 6) is -0.673. The lowest BCUT2D eigenvalue weighted by Gasteiger charge is -2.06. The summed E-state index contributed by atoms with van der Waals surface area (Å²) in [7, 11) is 0. The molecule has 0 atom stereocenters. The highest BCUT2D eigenvalue weighted by Crippen LogP contribution is 2.32. The zero-order chi connectivity index (χ0) is 18.1. The summed E-state index contributed by atoms with van der Waals surface area (Å²) in [6.45, 7) is 7.56. The number of hydrogen-bond acceptors (Lipinski definition) is 7. The molecule has 0 fully saturated rings. The van der Waals surface area contributed by atoms with Gasteiger partial charge in [0.25, 0.3) is 5.91 Å². The van der Waals surface area contributed by atoms with Crippen molar-refractivity contribution >= 4 is 51.5 Å². The van der Waals surface area contributed by atoms with E-state index in [0.29, 0.717) is 33.6 Å². The molecule has 2 aromatic rings. The van der Waals surface area contributed by atoms with Gasteiger partial charge in [0.1, 0.15) is 4.88 Å². The normalized spacial score (nSPS) is 15.8. The second kappa shape index (κ2) is 6.89. The second-order valence-corrected chi connectivity index (χ2v) is 7.74. The summed E-state index contributed by atoms with van der Waals surface area (Å²) >= 11 is 2.73. The highest BCUT2D eigenvalue weighted by molar-refractivity contribution is 7.17. The van der Waals surface area contributed by atoms with Crippen molar-refractivity contribution in [1.29, 1.82) is 0 Å². The molecule has 0 saturated heterocycles. The molecule has 8 heteroatoms. The quantitative estimate of drug-likeness (QED) is 0.602. The molecule has 3 rings (SSSR count). The Labute approximate surface area is 153 Å². The molecular formula is C17H17N3O3S2. The van der Waals surface area contributed by atoms with E-state index in [1.165, 1.54) is 9.89 Å². The van der Waals surface area contributed by atoms with Crippen LogP contribution in [0.3, 0.4) is 0 Å². The van der Waals surface area contributed by atoms with Gasteiger partial charge in [-0.3, -0.25) is 4.79 Å². The average molecular weight is 375 g/mol. The average Bonchev–Trinajstić information content (AvgIpc) is 3.21. The summed E-state index contributed by atoms with van der Waals surface area (Å²) in [4.78, 5) is 31.6. The van der Waals surface area contributed by atoms with E-state index < -0.39 is 5.97 Å². The maximum absolute atomic E-state index is 12.7. The number of hydrazone groups is 1. The van der Waals surface area contributed by atoms with Crippen molar-refractivity contribution in [3.05, 3.63) is 38.0 Å². The number of aryl methyl sites for hydroxylation is 2. The van der Waals surface area contributed by atoms with E-state index in [9.17, 15) is 9.59 Å². The first-order valence-electron chi connectivity index (χ1n) is 7.73. The molecule has 0 aromatic carbocycles. The van der Waals surface area contributed by atoms with Crippen LogP contribution in [-0.2, 0) is 9.53 Å². The fourth-order valence-electron chi connectivity index (χ4n) is 2.35. The minimum Gasteiger partial charge on any atom is -0.462 e. The largest absolute Gasteiger partial charge is 0.462 e. The maximum atomic E-state index is 12.7. The van der Waals surface area contributed by atoms with Gasteiger partial charge in [0.05, 0.1) is 23.6 Å². The van der Waals surface area contributed by atoms with E-state index in [-0.39, 0.29) is 5.91 Å². The number of carbonyl (C=O) groups excluding carboxylic acids is 2. The minimum absolute atomic E-state index is 0.243. The Hall–Kier alpha value is -2.32. The minimum atomic E-state index is -0.430. The molecule has 3 heterocycles. The van der Waals surface area contributed by atoms with Gasteiger partial charge in [0.2, 0.25) is 5.13 Å². The standard InChI is InChI=1S/C17H17N3O3S2/c1-5-23-16(22)14-11(4)18-17(25-14)20-15(21)13(10(3)19-20)8-12-7-6-9(2)24-12/h6-8H,5H2,1-4H3. The van der Waals surface area contributed by atoms with E-state index in [4.69, 9.17) is 4.74 Å². The lowest BCUT2D eigenvalue weighted by molar-refractivity contribution is -0.114. The van der Waals surface area contributed by atoms with Crippen LogP contribution in [0.4, 0.5) is 5.13 Å². The third-order valence-corrected chi connectivity index (χ3v) is 5.60. The lowest BCUT2D eigenvalue weighted by Crippen LogP contribution is -2.21. The van der Waals surface area contributed by atoms with Crippen LogP contribution in [0, 0.1) is 13.8 Å². The molecule has 0 N–H and O–H groups in total. The van der Waals surface area contributed by atoms with Crippen LogP contribution in [0.2, 0.25) is 0 Å². The van der Waals surface area contributed by atoms with Crippen molar-refractivity contribution in [2.45, 2.75) is 27.7 Å². The van der Waals surface area contributed by atoms with Gasteiger partial charge in [0, 0.05) is 9.75 Å². The zero-order valence-electron chi connectivity index (χ0n) is 14.3. The molecule has 2 aromatic heterocycles. The highest BCUT2D eigenvalue weighted by atomic mass is 32.1. The molecule has 1 amide bonds. The number of nitrogens with zero attached hydrogens (tertiary/aromatic N) is 3. The van der Waals surface area contributed by atoms with Crippen LogP contribution in [0.5, 0.6) is 0 Å². The molecule has 0 unspecified atom stereocenters. The van der Waals surface area contributed by atoms with Gasteiger partial charge in [-0.25, -0.2) is 9.78 Å². The van der Waals surface area contributed by atoms with E-state index in [0.717, 1.165) is 16.2 Å². The van der Waals surface area contributed by atoms with Gasteiger partial charge in [-0.05, 0) is 45.9 Å². The molecule has 0 saturated carbocycles. The summed E-state index contributed by atoms with van der Waals surface area (Å²) in [6.07, 6.45) is 1.84. The monoisotopic (exact) mass is 375 g/mol. The molecule has 0 aliphatic carbocycles. The third-order valence-electron chi connectivity index (χ3n) is 3.54. The number of carbonyl (C=O) groups is 2. The Morgan fingerprint density at radius 1 is 1.28 bits per heavy atom. The smallest absolute Gasteiger partial charge is 0.350 e. The van der Waals surface area contributed by atoms with Gasteiger partial charge in [-0.1, -0.05) is 11.3 Å². The zero-order valence-corrected chi connectivity index (χ0v) is 16.0. The Kier molecular flexibility index (Phi) is 4.82. The van der Waals surface area contributed by atoms with Crippen LogP contribution in [0.15, 0.2) is 22.8 Å². The van der Waals surface area contributed by atoms with Crippen LogP contribution in [0.25, 0.3) is 6.08 Å². The Morgan fingerprint density at radius 3 is 2.68 bits per heavy atom. The number of thiazole rings is 1. The Bertz CT molecular complexity index is 908. The van der Waals surface area contributed by atoms with Crippen molar-refractivity contribution in [1.82, 2.24) is 4.98 Å². The molecule has 25 heavy (non-hydrogen) atoms. The molecule has 6 nitrogen and oxygen atoms in total. The SMILES string of the molecule is CCOC(=O)c1sc(N2N=C(C)C(=Cc3ccc(C)s3)C2=O)nc1C. The summed E-state index contributed by atoms with van der Waals surface area (Å²) in [5.41, 5.74) is 1.69. The topological polar surface area (TPSA) is 71.9 Å². The summed E-state index contributed by atoms with van der Waals surface area (Å²) < 4.78 is 5.02. The fourth-order valence-corrected chi connectivity index (χ4v) is 4.08. The second-order valence-electron chi connectivity index (χ2n) is 5.44. The van der Waals surface area contributed by atoms with Crippen molar-refractivity contribution < 1.29 is 14.3 Å². The summed E-state index contributed by atoms with van der Waals surface area (Å²) in [5, 5.41) is 5.94. The highest BCUT2D eigenvalue weighted by Gasteiger charge is 2.32. The van der Waals surface area contributed by atoms with Gasteiger partial charge >= 0.3 is 5.97 Å². The number of esters is 1. The molecule has 130 valence electrons. The Morgan fingerprint density at radius 2 is 2.04 bits per heavy atom. The molecule has 0 spiro atoms. The molecular weight excluding hydrogens is 358 g/mol. The lowest BCUT2D eigenvalue weighted by atomic mass is 10.1. The van der Waals surface area contributed by atoms with Gasteiger partial charge in [-0.15, -0.1) is 11.3 Å². The van der Waals surface area contributed by atoms with Crippen LogP contribution in [0.1, 0.15) is 39.0 Å². The molecule has 1 aliphatic heterocycles. The number of ether oxygens (including phenoxy) is 1. The van der Waals surface area contributed by atoms with Gasteiger partial charge in [-0.2, -0.15) is 10.1 Å². The Balaban J connectivity index is 1.90. The fraction of sp³-hybridized carbons (Fsp3) is 0.294. The van der Waals surface area contributed by atoms with Gasteiger partial charge < -0.3 is 4.74 Å². The van der Waals surface area contributed by atoms with Crippen molar-refractivity contribution in [2.24, 2.45) is 5.10 Å². The first-order valence-corrected chi connectivity index (χ1v) is 9.36. The third kappa shape index (κ3) is 3.40.